The Labute approximate surface area is 132 Å². The summed E-state index contributed by atoms with van der Waals surface area (Å²) in [6.45, 7) is 4.01. The summed E-state index contributed by atoms with van der Waals surface area (Å²) >= 11 is 13.6. The van der Waals surface area contributed by atoms with Crippen LogP contribution in [0, 0.1) is 5.92 Å². The molecule has 0 aliphatic carbocycles. The minimum atomic E-state index is -0.249. The van der Waals surface area contributed by atoms with Gasteiger partial charge in [-0.15, -0.1) is 10.2 Å². The van der Waals surface area contributed by atoms with Crippen molar-refractivity contribution in [1.82, 2.24) is 10.2 Å². The van der Waals surface area contributed by atoms with Crippen molar-refractivity contribution in [3.05, 3.63) is 39.7 Å². The summed E-state index contributed by atoms with van der Waals surface area (Å²) in [5.74, 6) is 1.26. The van der Waals surface area contributed by atoms with Crippen molar-refractivity contribution >= 4 is 35.0 Å². The molecule has 0 aliphatic rings. The van der Waals surface area contributed by atoms with Gasteiger partial charge in [0.25, 0.3) is 5.22 Å². The number of hydrogen-bond acceptors (Lipinski definition) is 5. The molecule has 4 nitrogen and oxygen atoms in total. The molecule has 1 aromatic carbocycles. The first kappa shape index (κ1) is 15.6. The lowest BCUT2D eigenvalue weighted by Crippen LogP contribution is -2.16. The summed E-state index contributed by atoms with van der Waals surface area (Å²) < 4.78 is 5.54. The third kappa shape index (κ3) is 3.67. The molecule has 0 spiro atoms. The molecule has 0 bridgehead atoms. The molecule has 0 saturated heterocycles. The molecule has 0 saturated carbocycles. The van der Waals surface area contributed by atoms with Crippen LogP contribution in [0.4, 0.5) is 0 Å². The van der Waals surface area contributed by atoms with Gasteiger partial charge in [-0.05, 0) is 23.6 Å². The zero-order valence-corrected chi connectivity index (χ0v) is 13.5. The molecule has 2 aromatic rings. The average Bonchev–Trinajstić information content (AvgIpc) is 2.86. The van der Waals surface area contributed by atoms with Crippen LogP contribution in [0.25, 0.3) is 0 Å². The van der Waals surface area contributed by atoms with E-state index in [1.807, 2.05) is 19.9 Å². The fourth-order valence-electron chi connectivity index (χ4n) is 1.50. The Hall–Kier alpha value is -0.750. The van der Waals surface area contributed by atoms with E-state index in [0.717, 1.165) is 5.56 Å². The lowest BCUT2D eigenvalue weighted by Gasteiger charge is -2.09. The van der Waals surface area contributed by atoms with E-state index in [-0.39, 0.29) is 12.0 Å². The van der Waals surface area contributed by atoms with E-state index in [1.165, 1.54) is 11.8 Å². The van der Waals surface area contributed by atoms with Crippen molar-refractivity contribution in [2.45, 2.75) is 30.9 Å². The Morgan fingerprint density at radius 3 is 2.50 bits per heavy atom. The fourth-order valence-corrected chi connectivity index (χ4v) is 3.01. The number of nitrogens with zero attached hydrogens (tertiary/aromatic N) is 2. The minimum Gasteiger partial charge on any atom is -0.414 e. The van der Waals surface area contributed by atoms with Gasteiger partial charge >= 0.3 is 0 Å². The molecule has 2 rings (SSSR count). The van der Waals surface area contributed by atoms with Crippen LogP contribution >= 0.6 is 35.0 Å². The topological polar surface area (TPSA) is 64.9 Å². The van der Waals surface area contributed by atoms with Crippen molar-refractivity contribution in [2.24, 2.45) is 11.7 Å². The highest BCUT2D eigenvalue weighted by Gasteiger charge is 2.18. The predicted octanol–water partition coefficient (Wildman–Crippen LogP) is 4.32. The average molecular weight is 332 g/mol. The molecule has 1 aromatic heterocycles. The van der Waals surface area contributed by atoms with Crippen LogP contribution < -0.4 is 5.73 Å². The Morgan fingerprint density at radius 2 is 1.90 bits per heavy atom. The molecule has 1 unspecified atom stereocenters. The first-order chi connectivity index (χ1) is 9.49. The Kier molecular flexibility index (Phi) is 5.32. The minimum absolute atomic E-state index is 0.242. The quantitative estimate of drug-likeness (QED) is 0.826. The molecule has 7 heteroatoms. The van der Waals surface area contributed by atoms with E-state index in [9.17, 15) is 0 Å². The molecule has 0 amide bonds. The molecule has 2 N–H and O–H groups in total. The maximum atomic E-state index is 6.11. The standard InChI is InChI=1S/C13H15Cl2N3OS/c1-7(2)11(16)12-17-18-13(19-12)20-6-8-9(14)4-3-5-10(8)15/h3-5,7,11H,6,16H2,1-2H3. The molecular formula is C13H15Cl2N3OS. The number of rotatable bonds is 5. The van der Waals surface area contributed by atoms with E-state index in [2.05, 4.69) is 10.2 Å². The second-order valence-electron chi connectivity index (χ2n) is 4.66. The first-order valence-electron chi connectivity index (χ1n) is 6.13. The summed E-state index contributed by atoms with van der Waals surface area (Å²) in [6, 6.07) is 5.17. The highest BCUT2D eigenvalue weighted by atomic mass is 35.5. The van der Waals surface area contributed by atoms with Crippen LogP contribution in [0.5, 0.6) is 0 Å². The normalized spacial score (nSPS) is 12.9. The SMILES string of the molecule is CC(C)C(N)c1nnc(SCc2c(Cl)cccc2Cl)o1. The molecule has 20 heavy (non-hydrogen) atoms. The van der Waals surface area contributed by atoms with Gasteiger partial charge in [-0.1, -0.05) is 54.9 Å². The van der Waals surface area contributed by atoms with Crippen LogP contribution in [0.3, 0.4) is 0 Å². The van der Waals surface area contributed by atoms with Crippen molar-refractivity contribution < 1.29 is 4.42 Å². The number of benzene rings is 1. The lowest BCUT2D eigenvalue weighted by atomic mass is 10.1. The van der Waals surface area contributed by atoms with Gasteiger partial charge in [-0.3, -0.25) is 0 Å². The van der Waals surface area contributed by atoms with E-state index in [1.54, 1.807) is 12.1 Å². The van der Waals surface area contributed by atoms with E-state index in [0.29, 0.717) is 26.9 Å². The van der Waals surface area contributed by atoms with Gasteiger partial charge < -0.3 is 10.2 Å². The van der Waals surface area contributed by atoms with E-state index in [4.69, 9.17) is 33.4 Å². The van der Waals surface area contributed by atoms with Gasteiger partial charge in [0.05, 0.1) is 6.04 Å². The van der Waals surface area contributed by atoms with Crippen LogP contribution in [0.1, 0.15) is 31.3 Å². The number of thioether (sulfide) groups is 1. The number of aromatic nitrogens is 2. The van der Waals surface area contributed by atoms with Crippen molar-refractivity contribution in [3.8, 4) is 0 Å². The Morgan fingerprint density at radius 1 is 1.25 bits per heavy atom. The third-order valence-electron chi connectivity index (χ3n) is 2.83. The van der Waals surface area contributed by atoms with E-state index >= 15 is 0 Å². The molecule has 0 fully saturated rings. The summed E-state index contributed by atoms with van der Waals surface area (Å²) in [5.41, 5.74) is 6.81. The van der Waals surface area contributed by atoms with Gasteiger partial charge in [-0.25, -0.2) is 0 Å². The predicted molar refractivity (Wildman–Crippen MR) is 82.1 cm³/mol. The number of halogens is 2. The smallest absolute Gasteiger partial charge is 0.276 e. The monoisotopic (exact) mass is 331 g/mol. The van der Waals surface area contributed by atoms with Gasteiger partial charge in [0, 0.05) is 15.8 Å². The summed E-state index contributed by atoms with van der Waals surface area (Å²) in [6.07, 6.45) is 0. The highest BCUT2D eigenvalue weighted by molar-refractivity contribution is 7.98. The summed E-state index contributed by atoms with van der Waals surface area (Å²) in [4.78, 5) is 0. The van der Waals surface area contributed by atoms with Crippen molar-refractivity contribution in [3.63, 3.8) is 0 Å². The summed E-state index contributed by atoms with van der Waals surface area (Å²) in [5, 5.41) is 9.66. The molecule has 0 aliphatic heterocycles. The molecule has 1 atom stereocenters. The van der Waals surface area contributed by atoms with Crippen LogP contribution in [-0.4, -0.2) is 10.2 Å². The molecule has 1 heterocycles. The Bertz CT molecular complexity index is 568. The lowest BCUT2D eigenvalue weighted by molar-refractivity contribution is 0.349. The Balaban J connectivity index is 2.05. The van der Waals surface area contributed by atoms with Crippen LogP contribution in [0.15, 0.2) is 27.8 Å². The summed E-state index contributed by atoms with van der Waals surface area (Å²) in [7, 11) is 0. The second-order valence-corrected chi connectivity index (χ2v) is 6.41. The maximum absolute atomic E-state index is 6.11. The zero-order chi connectivity index (χ0) is 14.7. The van der Waals surface area contributed by atoms with Gasteiger partial charge in [-0.2, -0.15) is 0 Å². The maximum Gasteiger partial charge on any atom is 0.276 e. The molecule has 0 radical (unpaired) electrons. The van der Waals surface area contributed by atoms with Crippen LogP contribution in [0.2, 0.25) is 10.0 Å². The van der Waals surface area contributed by atoms with Crippen LogP contribution in [-0.2, 0) is 5.75 Å². The first-order valence-corrected chi connectivity index (χ1v) is 7.88. The fraction of sp³-hybridized carbons (Fsp3) is 0.385. The third-order valence-corrected chi connectivity index (χ3v) is 4.38. The second kappa shape index (κ2) is 6.80. The number of hydrogen-bond donors (Lipinski definition) is 1. The van der Waals surface area contributed by atoms with Gasteiger partial charge in [0.15, 0.2) is 0 Å². The largest absolute Gasteiger partial charge is 0.414 e. The van der Waals surface area contributed by atoms with Gasteiger partial charge in [0.1, 0.15) is 0 Å². The number of nitrogens with two attached hydrogens (primary N) is 1. The zero-order valence-electron chi connectivity index (χ0n) is 11.1. The van der Waals surface area contributed by atoms with Gasteiger partial charge in [0.2, 0.25) is 5.89 Å². The molecular weight excluding hydrogens is 317 g/mol. The van der Waals surface area contributed by atoms with Crippen molar-refractivity contribution in [2.75, 3.05) is 0 Å². The highest BCUT2D eigenvalue weighted by Crippen LogP contribution is 2.31. The molecule has 108 valence electrons. The van der Waals surface area contributed by atoms with Crippen molar-refractivity contribution in [1.29, 1.82) is 0 Å². The van der Waals surface area contributed by atoms with E-state index < -0.39 is 0 Å².